The minimum atomic E-state index is 0.738. The lowest BCUT2D eigenvalue weighted by molar-refractivity contribution is -0.105. The first-order valence-corrected chi connectivity index (χ1v) is 4.67. The van der Waals surface area contributed by atoms with Crippen molar-refractivity contribution in [1.29, 1.82) is 0 Å². The van der Waals surface area contributed by atoms with Gasteiger partial charge in [-0.2, -0.15) is 0 Å². The van der Waals surface area contributed by atoms with E-state index in [0.717, 1.165) is 36.0 Å². The number of aldehydes is 1. The molecule has 0 N–H and O–H groups in total. The van der Waals surface area contributed by atoms with Crippen molar-refractivity contribution in [3.63, 3.8) is 0 Å². The molecule has 0 aliphatic heterocycles. The van der Waals surface area contributed by atoms with E-state index in [1.165, 1.54) is 5.56 Å². The SMILES string of the molecule is COC1=C(C=O)CCc2ccccc21. The van der Waals surface area contributed by atoms with Crippen LogP contribution in [0.4, 0.5) is 0 Å². The van der Waals surface area contributed by atoms with Crippen LogP contribution in [0.25, 0.3) is 5.76 Å². The van der Waals surface area contributed by atoms with Crippen LogP contribution in [0.2, 0.25) is 0 Å². The Hall–Kier alpha value is -1.57. The van der Waals surface area contributed by atoms with Gasteiger partial charge in [-0.1, -0.05) is 24.3 Å². The van der Waals surface area contributed by atoms with Crippen molar-refractivity contribution in [2.24, 2.45) is 0 Å². The molecule has 0 spiro atoms. The Kier molecular flexibility index (Phi) is 2.35. The van der Waals surface area contributed by atoms with Gasteiger partial charge < -0.3 is 4.74 Å². The smallest absolute Gasteiger partial charge is 0.149 e. The lowest BCUT2D eigenvalue weighted by Gasteiger charge is -2.19. The highest BCUT2D eigenvalue weighted by Crippen LogP contribution is 2.30. The molecule has 0 amide bonds. The number of rotatable bonds is 2. The summed E-state index contributed by atoms with van der Waals surface area (Å²) in [6, 6.07) is 8.05. The summed E-state index contributed by atoms with van der Waals surface area (Å²) in [6.45, 7) is 0. The first kappa shape index (κ1) is 9.00. The molecule has 0 unspecified atom stereocenters. The van der Waals surface area contributed by atoms with Crippen LogP contribution in [0.5, 0.6) is 0 Å². The summed E-state index contributed by atoms with van der Waals surface area (Å²) >= 11 is 0. The number of benzene rings is 1. The molecule has 0 fully saturated rings. The van der Waals surface area contributed by atoms with Gasteiger partial charge in [0.05, 0.1) is 7.11 Å². The quantitative estimate of drug-likeness (QED) is 0.665. The fourth-order valence-electron chi connectivity index (χ4n) is 1.87. The summed E-state index contributed by atoms with van der Waals surface area (Å²) in [6.07, 6.45) is 2.61. The van der Waals surface area contributed by atoms with Crippen molar-refractivity contribution in [3.8, 4) is 0 Å². The highest BCUT2D eigenvalue weighted by atomic mass is 16.5. The van der Waals surface area contributed by atoms with Gasteiger partial charge in [-0.05, 0) is 18.4 Å². The number of aryl methyl sites for hydroxylation is 1. The Morgan fingerprint density at radius 2 is 2.07 bits per heavy atom. The number of methoxy groups -OCH3 is 1. The van der Waals surface area contributed by atoms with Crippen molar-refractivity contribution < 1.29 is 9.53 Å². The number of allylic oxidation sites excluding steroid dienone is 1. The summed E-state index contributed by atoms with van der Waals surface area (Å²) in [4.78, 5) is 10.8. The van der Waals surface area contributed by atoms with Gasteiger partial charge >= 0.3 is 0 Å². The van der Waals surface area contributed by atoms with Crippen LogP contribution in [-0.2, 0) is 16.0 Å². The Morgan fingerprint density at radius 1 is 1.29 bits per heavy atom. The lowest BCUT2D eigenvalue weighted by atomic mass is 9.91. The van der Waals surface area contributed by atoms with E-state index in [-0.39, 0.29) is 0 Å². The van der Waals surface area contributed by atoms with Crippen molar-refractivity contribution in [2.75, 3.05) is 7.11 Å². The third-order valence-corrected chi connectivity index (χ3v) is 2.56. The van der Waals surface area contributed by atoms with Crippen LogP contribution >= 0.6 is 0 Å². The van der Waals surface area contributed by atoms with Gasteiger partial charge in [-0.25, -0.2) is 0 Å². The fraction of sp³-hybridized carbons (Fsp3) is 0.250. The topological polar surface area (TPSA) is 26.3 Å². The molecule has 2 heteroatoms. The van der Waals surface area contributed by atoms with Crippen molar-refractivity contribution in [1.82, 2.24) is 0 Å². The largest absolute Gasteiger partial charge is 0.496 e. The maximum atomic E-state index is 10.8. The number of hydrogen-bond donors (Lipinski definition) is 0. The molecular formula is C12H12O2. The number of carbonyl (C=O) groups is 1. The van der Waals surface area contributed by atoms with E-state index >= 15 is 0 Å². The summed E-state index contributed by atoms with van der Waals surface area (Å²) in [5, 5.41) is 0. The van der Waals surface area contributed by atoms with E-state index in [0.29, 0.717) is 0 Å². The molecule has 2 rings (SSSR count). The molecule has 0 bridgehead atoms. The number of ether oxygens (including phenoxy) is 1. The Balaban J connectivity index is 2.57. The zero-order chi connectivity index (χ0) is 9.97. The molecule has 0 aromatic heterocycles. The van der Waals surface area contributed by atoms with E-state index in [9.17, 15) is 4.79 Å². The summed E-state index contributed by atoms with van der Waals surface area (Å²) in [5.41, 5.74) is 3.09. The Labute approximate surface area is 83.2 Å². The molecule has 0 heterocycles. The van der Waals surface area contributed by atoms with Crippen molar-refractivity contribution in [2.45, 2.75) is 12.8 Å². The molecule has 0 radical (unpaired) electrons. The van der Waals surface area contributed by atoms with E-state index in [1.807, 2.05) is 18.2 Å². The summed E-state index contributed by atoms with van der Waals surface area (Å²) in [5.74, 6) is 0.738. The molecule has 1 aliphatic carbocycles. The second-order valence-electron chi connectivity index (χ2n) is 3.33. The monoisotopic (exact) mass is 188 g/mol. The van der Waals surface area contributed by atoms with Crippen LogP contribution in [0.3, 0.4) is 0 Å². The van der Waals surface area contributed by atoms with Gasteiger partial charge in [0.2, 0.25) is 0 Å². The van der Waals surface area contributed by atoms with E-state index in [1.54, 1.807) is 7.11 Å². The van der Waals surface area contributed by atoms with Crippen LogP contribution in [0, 0.1) is 0 Å². The van der Waals surface area contributed by atoms with Crippen molar-refractivity contribution >= 4 is 12.0 Å². The van der Waals surface area contributed by atoms with E-state index in [2.05, 4.69) is 6.07 Å². The Bertz CT molecular complexity index is 391. The molecule has 0 atom stereocenters. The maximum Gasteiger partial charge on any atom is 0.149 e. The average Bonchev–Trinajstić information content (AvgIpc) is 2.27. The van der Waals surface area contributed by atoms with E-state index in [4.69, 9.17) is 4.74 Å². The first-order valence-electron chi connectivity index (χ1n) is 4.67. The van der Waals surface area contributed by atoms with Gasteiger partial charge in [0, 0.05) is 11.1 Å². The zero-order valence-electron chi connectivity index (χ0n) is 8.12. The van der Waals surface area contributed by atoms with Crippen LogP contribution in [0.1, 0.15) is 17.5 Å². The van der Waals surface area contributed by atoms with Crippen molar-refractivity contribution in [3.05, 3.63) is 41.0 Å². The van der Waals surface area contributed by atoms with Crippen LogP contribution in [-0.4, -0.2) is 13.4 Å². The second kappa shape index (κ2) is 3.66. The summed E-state index contributed by atoms with van der Waals surface area (Å²) < 4.78 is 5.27. The predicted octanol–water partition coefficient (Wildman–Crippen LogP) is 2.19. The van der Waals surface area contributed by atoms with Gasteiger partial charge in [0.15, 0.2) is 0 Å². The molecule has 72 valence electrons. The minimum Gasteiger partial charge on any atom is -0.496 e. The molecule has 0 saturated carbocycles. The first-order chi connectivity index (χ1) is 6.86. The molecule has 1 aromatic carbocycles. The number of hydrogen-bond acceptors (Lipinski definition) is 2. The third kappa shape index (κ3) is 1.33. The highest BCUT2D eigenvalue weighted by molar-refractivity contribution is 5.87. The molecule has 14 heavy (non-hydrogen) atoms. The highest BCUT2D eigenvalue weighted by Gasteiger charge is 2.18. The maximum absolute atomic E-state index is 10.8. The lowest BCUT2D eigenvalue weighted by Crippen LogP contribution is -2.07. The molecular weight excluding hydrogens is 176 g/mol. The normalized spacial score (nSPS) is 14.9. The number of fused-ring (bicyclic) bond motifs is 1. The van der Waals surface area contributed by atoms with Gasteiger partial charge in [-0.15, -0.1) is 0 Å². The zero-order valence-corrected chi connectivity index (χ0v) is 8.12. The second-order valence-corrected chi connectivity index (χ2v) is 3.33. The molecule has 1 aromatic rings. The molecule has 2 nitrogen and oxygen atoms in total. The van der Waals surface area contributed by atoms with Gasteiger partial charge in [0.1, 0.15) is 12.0 Å². The fourth-order valence-corrected chi connectivity index (χ4v) is 1.87. The third-order valence-electron chi connectivity index (χ3n) is 2.56. The van der Waals surface area contributed by atoms with Gasteiger partial charge in [0.25, 0.3) is 0 Å². The van der Waals surface area contributed by atoms with Gasteiger partial charge in [-0.3, -0.25) is 4.79 Å². The van der Waals surface area contributed by atoms with E-state index < -0.39 is 0 Å². The summed E-state index contributed by atoms with van der Waals surface area (Å²) in [7, 11) is 1.61. The molecule has 0 saturated heterocycles. The van der Waals surface area contributed by atoms with Crippen LogP contribution in [0.15, 0.2) is 29.8 Å². The minimum absolute atomic E-state index is 0.738. The average molecular weight is 188 g/mol. The Morgan fingerprint density at radius 3 is 2.79 bits per heavy atom. The molecule has 1 aliphatic rings. The van der Waals surface area contributed by atoms with Crippen LogP contribution < -0.4 is 0 Å². The predicted molar refractivity (Wildman–Crippen MR) is 54.8 cm³/mol. The standard InChI is InChI=1S/C12H12O2/c1-14-12-10(8-13)7-6-9-4-2-3-5-11(9)12/h2-5,8H,6-7H2,1H3. The number of carbonyl (C=O) groups excluding carboxylic acids is 1.